The Morgan fingerprint density at radius 1 is 1.23 bits per heavy atom. The maximum absolute atomic E-state index is 10.1. The van der Waals surface area contributed by atoms with Crippen molar-refractivity contribution < 1.29 is 4.79 Å². The third-order valence-electron chi connectivity index (χ3n) is 1.84. The molecule has 0 atom stereocenters. The molecule has 0 N–H and O–H groups in total. The van der Waals surface area contributed by atoms with E-state index in [1.165, 1.54) is 16.2 Å². The van der Waals surface area contributed by atoms with E-state index in [0.717, 1.165) is 11.8 Å². The summed E-state index contributed by atoms with van der Waals surface area (Å²) in [5.74, 6) is 0. The number of benzene rings is 1. The maximum Gasteiger partial charge on any atom is 0.142 e. The summed E-state index contributed by atoms with van der Waals surface area (Å²) in [5.41, 5.74) is 1.07. The second-order valence-electron chi connectivity index (χ2n) is 2.71. The van der Waals surface area contributed by atoms with E-state index in [-0.39, 0.29) is 0 Å². The highest BCUT2D eigenvalue weighted by molar-refractivity contribution is 7.17. The lowest BCUT2D eigenvalue weighted by atomic mass is 10.1. The number of carbonyl (C=O) groups excluding carboxylic acids is 1. The number of thiophene rings is 1. The summed E-state index contributed by atoms with van der Waals surface area (Å²) < 4.78 is 1.28. The summed E-state index contributed by atoms with van der Waals surface area (Å²) in [6.07, 6.45) is 4.11. The van der Waals surface area contributed by atoms with Gasteiger partial charge in [0.15, 0.2) is 0 Å². The molecule has 2 rings (SSSR count). The summed E-state index contributed by atoms with van der Waals surface area (Å²) in [6.45, 7) is 0. The summed E-state index contributed by atoms with van der Waals surface area (Å²) in [4.78, 5) is 10.1. The standard InChI is InChI=1S/C11H8OS/c12-6-1-2-9-3-4-11-10(8-9)5-7-13-11/h1-8H. The predicted octanol–water partition coefficient (Wildman–Crippen LogP) is 3.11. The van der Waals surface area contributed by atoms with Gasteiger partial charge in [0.2, 0.25) is 0 Å². The Labute approximate surface area is 80.3 Å². The van der Waals surface area contributed by atoms with E-state index in [0.29, 0.717) is 0 Å². The van der Waals surface area contributed by atoms with Crippen molar-refractivity contribution in [2.45, 2.75) is 0 Å². The lowest BCUT2D eigenvalue weighted by molar-refractivity contribution is -0.104. The van der Waals surface area contributed by atoms with E-state index < -0.39 is 0 Å². The van der Waals surface area contributed by atoms with Crippen molar-refractivity contribution in [2.75, 3.05) is 0 Å². The van der Waals surface area contributed by atoms with Crippen LogP contribution in [0, 0.1) is 0 Å². The molecule has 1 heterocycles. The highest BCUT2D eigenvalue weighted by Gasteiger charge is 1.93. The third-order valence-corrected chi connectivity index (χ3v) is 2.74. The van der Waals surface area contributed by atoms with Gasteiger partial charge in [0, 0.05) is 4.70 Å². The van der Waals surface area contributed by atoms with Gasteiger partial charge in [0.1, 0.15) is 6.29 Å². The first-order valence-electron chi connectivity index (χ1n) is 3.99. The molecule has 1 nitrogen and oxygen atoms in total. The van der Waals surface area contributed by atoms with Crippen LogP contribution in [0.1, 0.15) is 5.56 Å². The highest BCUT2D eigenvalue weighted by atomic mass is 32.1. The quantitative estimate of drug-likeness (QED) is 0.522. The molecule has 13 heavy (non-hydrogen) atoms. The Kier molecular flexibility index (Phi) is 2.23. The van der Waals surface area contributed by atoms with Crippen LogP contribution in [0.2, 0.25) is 0 Å². The van der Waals surface area contributed by atoms with Gasteiger partial charge in [-0.25, -0.2) is 0 Å². The molecule has 0 aliphatic rings. The second-order valence-corrected chi connectivity index (χ2v) is 3.66. The number of rotatable bonds is 2. The molecule has 64 valence electrons. The Morgan fingerprint density at radius 3 is 3.00 bits per heavy atom. The molecule has 0 bridgehead atoms. The lowest BCUT2D eigenvalue weighted by Gasteiger charge is -1.92. The molecule has 2 heteroatoms. The van der Waals surface area contributed by atoms with Gasteiger partial charge in [-0.3, -0.25) is 4.79 Å². The number of allylic oxidation sites excluding steroid dienone is 1. The van der Waals surface area contributed by atoms with Crippen molar-refractivity contribution in [1.82, 2.24) is 0 Å². The monoisotopic (exact) mass is 188 g/mol. The minimum atomic E-state index is 0.789. The highest BCUT2D eigenvalue weighted by Crippen LogP contribution is 2.22. The van der Waals surface area contributed by atoms with E-state index in [2.05, 4.69) is 23.6 Å². The van der Waals surface area contributed by atoms with Crippen LogP contribution < -0.4 is 0 Å². The van der Waals surface area contributed by atoms with Gasteiger partial charge in [0.25, 0.3) is 0 Å². The summed E-state index contributed by atoms with van der Waals surface area (Å²) in [7, 11) is 0. The summed E-state index contributed by atoms with van der Waals surface area (Å²) >= 11 is 1.73. The number of hydrogen-bond acceptors (Lipinski definition) is 2. The lowest BCUT2D eigenvalue weighted by Crippen LogP contribution is -1.70. The molecule has 0 spiro atoms. The van der Waals surface area contributed by atoms with Crippen LogP contribution in [0.4, 0.5) is 0 Å². The number of carbonyl (C=O) groups is 1. The van der Waals surface area contributed by atoms with Gasteiger partial charge in [-0.15, -0.1) is 11.3 Å². The molecule has 0 saturated heterocycles. The van der Waals surface area contributed by atoms with Gasteiger partial charge in [-0.2, -0.15) is 0 Å². The zero-order valence-corrected chi connectivity index (χ0v) is 7.75. The number of hydrogen-bond donors (Lipinski definition) is 0. The van der Waals surface area contributed by atoms with Crippen LogP contribution in [-0.4, -0.2) is 6.29 Å². The Hall–Kier alpha value is -1.41. The van der Waals surface area contributed by atoms with Gasteiger partial charge in [0.05, 0.1) is 0 Å². The molecular formula is C11H8OS. The van der Waals surface area contributed by atoms with E-state index in [1.807, 2.05) is 12.1 Å². The Morgan fingerprint density at radius 2 is 2.15 bits per heavy atom. The average Bonchev–Trinajstić information content (AvgIpc) is 2.61. The summed E-state index contributed by atoms with van der Waals surface area (Å²) in [6, 6.07) is 8.24. The zero-order chi connectivity index (χ0) is 9.10. The van der Waals surface area contributed by atoms with Gasteiger partial charge in [-0.05, 0) is 40.6 Å². The second kappa shape index (κ2) is 3.54. The zero-order valence-electron chi connectivity index (χ0n) is 6.94. The van der Waals surface area contributed by atoms with E-state index in [9.17, 15) is 4.79 Å². The Bertz CT molecular complexity index is 454. The van der Waals surface area contributed by atoms with Crippen LogP contribution in [0.15, 0.2) is 35.7 Å². The van der Waals surface area contributed by atoms with Crippen molar-refractivity contribution in [3.8, 4) is 0 Å². The van der Waals surface area contributed by atoms with Crippen molar-refractivity contribution in [3.63, 3.8) is 0 Å². The third kappa shape index (κ3) is 1.68. The molecule has 0 aliphatic carbocycles. The van der Waals surface area contributed by atoms with E-state index in [4.69, 9.17) is 0 Å². The Balaban J connectivity index is 2.47. The largest absolute Gasteiger partial charge is 0.299 e. The molecule has 0 radical (unpaired) electrons. The van der Waals surface area contributed by atoms with Crippen LogP contribution >= 0.6 is 11.3 Å². The molecule has 0 unspecified atom stereocenters. The first kappa shape index (κ1) is 8.20. The first-order chi connectivity index (χ1) is 6.40. The molecule has 1 aromatic carbocycles. The van der Waals surface area contributed by atoms with Gasteiger partial charge in [-0.1, -0.05) is 12.1 Å². The number of aldehydes is 1. The molecule has 0 aliphatic heterocycles. The molecular weight excluding hydrogens is 180 g/mol. The molecule has 0 amide bonds. The van der Waals surface area contributed by atoms with E-state index >= 15 is 0 Å². The minimum Gasteiger partial charge on any atom is -0.299 e. The van der Waals surface area contributed by atoms with Crippen LogP contribution in [0.25, 0.3) is 16.2 Å². The van der Waals surface area contributed by atoms with Gasteiger partial charge < -0.3 is 0 Å². The molecule has 1 aromatic heterocycles. The normalized spacial score (nSPS) is 11.1. The SMILES string of the molecule is O=CC=Cc1ccc2sccc2c1. The minimum absolute atomic E-state index is 0.789. The fourth-order valence-electron chi connectivity index (χ4n) is 1.24. The smallest absolute Gasteiger partial charge is 0.142 e. The fourth-order valence-corrected chi connectivity index (χ4v) is 2.01. The molecule has 0 saturated carbocycles. The van der Waals surface area contributed by atoms with Crippen molar-refractivity contribution in [2.24, 2.45) is 0 Å². The van der Waals surface area contributed by atoms with Crippen LogP contribution in [-0.2, 0) is 4.79 Å². The van der Waals surface area contributed by atoms with Crippen molar-refractivity contribution in [3.05, 3.63) is 41.3 Å². The fraction of sp³-hybridized carbons (Fsp3) is 0. The van der Waals surface area contributed by atoms with Gasteiger partial charge >= 0.3 is 0 Å². The van der Waals surface area contributed by atoms with Crippen LogP contribution in [0.3, 0.4) is 0 Å². The maximum atomic E-state index is 10.1. The average molecular weight is 188 g/mol. The van der Waals surface area contributed by atoms with Crippen molar-refractivity contribution >= 4 is 33.8 Å². The molecule has 2 aromatic rings. The predicted molar refractivity (Wildman–Crippen MR) is 56.9 cm³/mol. The first-order valence-corrected chi connectivity index (χ1v) is 4.87. The molecule has 0 fully saturated rings. The number of fused-ring (bicyclic) bond motifs is 1. The van der Waals surface area contributed by atoms with E-state index in [1.54, 1.807) is 11.3 Å². The summed E-state index contributed by atoms with van der Waals surface area (Å²) in [5, 5.41) is 3.30. The van der Waals surface area contributed by atoms with Crippen molar-refractivity contribution in [1.29, 1.82) is 0 Å². The topological polar surface area (TPSA) is 17.1 Å². The van der Waals surface area contributed by atoms with Crippen LogP contribution in [0.5, 0.6) is 0 Å².